The maximum absolute atomic E-state index is 5.23. The molecule has 1 saturated carbocycles. The highest BCUT2D eigenvalue weighted by atomic mass is 32.1. The second kappa shape index (κ2) is 7.64. The first kappa shape index (κ1) is 15.3. The molecule has 0 spiro atoms. The molecule has 0 aliphatic heterocycles. The number of hydrogen-bond acceptors (Lipinski definition) is 3. The third-order valence-corrected chi connectivity index (χ3v) is 4.88. The van der Waals surface area contributed by atoms with Gasteiger partial charge in [0.05, 0.1) is 0 Å². The standard InChI is InChI=1S/C15H25N3OS/c1-16-14(17-10-13-4-9-20-11-13)18-12-15(5-3-6-15)7-8-19-2/h4,9,11H,3,5-8,10,12H2,1-2H3,(H2,16,17,18). The van der Waals surface area contributed by atoms with Crippen LogP contribution in [0.15, 0.2) is 21.8 Å². The quantitative estimate of drug-likeness (QED) is 0.600. The zero-order valence-electron chi connectivity index (χ0n) is 12.4. The maximum Gasteiger partial charge on any atom is 0.191 e. The summed E-state index contributed by atoms with van der Waals surface area (Å²) in [5, 5.41) is 11.1. The van der Waals surface area contributed by atoms with Crippen LogP contribution in [0.3, 0.4) is 0 Å². The van der Waals surface area contributed by atoms with Gasteiger partial charge < -0.3 is 15.4 Å². The zero-order valence-corrected chi connectivity index (χ0v) is 13.3. The monoisotopic (exact) mass is 295 g/mol. The van der Waals surface area contributed by atoms with Crippen molar-refractivity contribution in [3.8, 4) is 0 Å². The molecular formula is C15H25N3OS. The molecule has 1 aromatic heterocycles. The number of rotatable bonds is 7. The third kappa shape index (κ3) is 4.21. The van der Waals surface area contributed by atoms with Crippen molar-refractivity contribution >= 4 is 17.3 Å². The van der Waals surface area contributed by atoms with Crippen LogP contribution in [0.25, 0.3) is 0 Å². The van der Waals surface area contributed by atoms with Gasteiger partial charge >= 0.3 is 0 Å². The summed E-state index contributed by atoms with van der Waals surface area (Å²) in [4.78, 5) is 4.30. The molecule has 2 rings (SSSR count). The molecule has 1 fully saturated rings. The molecule has 4 nitrogen and oxygen atoms in total. The lowest BCUT2D eigenvalue weighted by atomic mass is 9.67. The van der Waals surface area contributed by atoms with Gasteiger partial charge in [0.2, 0.25) is 0 Å². The summed E-state index contributed by atoms with van der Waals surface area (Å²) in [6.07, 6.45) is 5.07. The van der Waals surface area contributed by atoms with E-state index < -0.39 is 0 Å². The zero-order chi connectivity index (χ0) is 14.3. The number of nitrogens with one attached hydrogen (secondary N) is 2. The van der Waals surface area contributed by atoms with Gasteiger partial charge in [-0.05, 0) is 47.1 Å². The molecule has 0 bridgehead atoms. The Morgan fingerprint density at radius 2 is 2.30 bits per heavy atom. The first-order valence-electron chi connectivity index (χ1n) is 7.22. The second-order valence-electron chi connectivity index (χ2n) is 5.51. The van der Waals surface area contributed by atoms with Gasteiger partial charge in [0, 0.05) is 33.9 Å². The minimum atomic E-state index is 0.413. The molecular weight excluding hydrogens is 270 g/mol. The Labute approximate surface area is 125 Å². The highest BCUT2D eigenvalue weighted by Gasteiger charge is 2.36. The summed E-state index contributed by atoms with van der Waals surface area (Å²) >= 11 is 1.72. The van der Waals surface area contributed by atoms with Crippen LogP contribution < -0.4 is 10.6 Å². The Bertz CT molecular complexity index is 413. The summed E-state index contributed by atoms with van der Waals surface area (Å²) in [6, 6.07) is 2.14. The number of aliphatic imine (C=N–C) groups is 1. The Kier molecular flexibility index (Phi) is 5.86. The van der Waals surface area contributed by atoms with E-state index in [4.69, 9.17) is 4.74 Å². The average Bonchev–Trinajstić information content (AvgIpc) is 2.93. The molecule has 1 aromatic rings. The first-order valence-corrected chi connectivity index (χ1v) is 8.17. The Balaban J connectivity index is 1.75. The number of methoxy groups -OCH3 is 1. The lowest BCUT2D eigenvalue weighted by Crippen LogP contribution is -2.46. The van der Waals surface area contributed by atoms with E-state index in [-0.39, 0.29) is 0 Å². The molecule has 20 heavy (non-hydrogen) atoms. The molecule has 0 unspecified atom stereocenters. The van der Waals surface area contributed by atoms with Gasteiger partial charge in [-0.3, -0.25) is 4.99 Å². The second-order valence-corrected chi connectivity index (χ2v) is 6.29. The van der Waals surface area contributed by atoms with Crippen molar-refractivity contribution in [3.05, 3.63) is 22.4 Å². The minimum Gasteiger partial charge on any atom is -0.385 e. The number of thiophene rings is 1. The van der Waals surface area contributed by atoms with E-state index in [0.717, 1.165) is 32.1 Å². The lowest BCUT2D eigenvalue weighted by Gasteiger charge is -2.42. The SMILES string of the molecule is CN=C(NCc1ccsc1)NCC1(CCOC)CCC1. The fourth-order valence-corrected chi connectivity index (χ4v) is 3.25. The van der Waals surface area contributed by atoms with E-state index in [2.05, 4.69) is 32.5 Å². The molecule has 0 saturated heterocycles. The van der Waals surface area contributed by atoms with E-state index in [1.54, 1.807) is 18.4 Å². The Morgan fingerprint density at radius 1 is 1.45 bits per heavy atom. The fourth-order valence-electron chi connectivity index (χ4n) is 2.58. The topological polar surface area (TPSA) is 45.7 Å². The highest BCUT2D eigenvalue weighted by molar-refractivity contribution is 7.07. The van der Waals surface area contributed by atoms with Gasteiger partial charge in [0.25, 0.3) is 0 Å². The highest BCUT2D eigenvalue weighted by Crippen LogP contribution is 2.43. The van der Waals surface area contributed by atoms with Crippen LogP contribution in [-0.4, -0.2) is 33.3 Å². The Hall–Kier alpha value is -1.07. The predicted molar refractivity (Wildman–Crippen MR) is 85.3 cm³/mol. The van der Waals surface area contributed by atoms with Crippen molar-refractivity contribution in [1.29, 1.82) is 0 Å². The van der Waals surface area contributed by atoms with Crippen molar-refractivity contribution in [2.75, 3.05) is 27.3 Å². The van der Waals surface area contributed by atoms with Crippen molar-refractivity contribution in [3.63, 3.8) is 0 Å². The largest absolute Gasteiger partial charge is 0.385 e. The molecule has 1 aliphatic carbocycles. The van der Waals surface area contributed by atoms with E-state index >= 15 is 0 Å². The number of nitrogens with zero attached hydrogens (tertiary/aromatic N) is 1. The van der Waals surface area contributed by atoms with Crippen LogP contribution in [0, 0.1) is 5.41 Å². The van der Waals surface area contributed by atoms with Crippen LogP contribution in [0.4, 0.5) is 0 Å². The van der Waals surface area contributed by atoms with Crippen LogP contribution >= 0.6 is 11.3 Å². The smallest absolute Gasteiger partial charge is 0.191 e. The molecule has 1 heterocycles. The molecule has 112 valence electrons. The van der Waals surface area contributed by atoms with E-state index in [0.29, 0.717) is 5.41 Å². The summed E-state index contributed by atoms with van der Waals surface area (Å²) < 4.78 is 5.23. The number of hydrogen-bond donors (Lipinski definition) is 2. The molecule has 0 radical (unpaired) electrons. The Morgan fingerprint density at radius 3 is 2.85 bits per heavy atom. The number of guanidine groups is 1. The summed E-state index contributed by atoms with van der Waals surface area (Å²) in [6.45, 7) is 2.66. The molecule has 0 aromatic carbocycles. The van der Waals surface area contributed by atoms with E-state index in [9.17, 15) is 0 Å². The van der Waals surface area contributed by atoms with Gasteiger partial charge in [-0.15, -0.1) is 0 Å². The van der Waals surface area contributed by atoms with Crippen molar-refractivity contribution in [2.45, 2.75) is 32.2 Å². The van der Waals surface area contributed by atoms with Crippen molar-refractivity contribution < 1.29 is 4.74 Å². The van der Waals surface area contributed by atoms with Gasteiger partial charge in [0.1, 0.15) is 0 Å². The van der Waals surface area contributed by atoms with Gasteiger partial charge in [-0.25, -0.2) is 0 Å². The molecule has 0 atom stereocenters. The molecule has 1 aliphatic rings. The van der Waals surface area contributed by atoms with Gasteiger partial charge in [-0.1, -0.05) is 6.42 Å². The normalized spacial score (nSPS) is 17.6. The summed E-state index contributed by atoms with van der Waals surface area (Å²) in [5.74, 6) is 0.889. The van der Waals surface area contributed by atoms with Gasteiger partial charge in [0.15, 0.2) is 5.96 Å². The average molecular weight is 295 g/mol. The van der Waals surface area contributed by atoms with Crippen LogP contribution in [0.5, 0.6) is 0 Å². The first-order chi connectivity index (χ1) is 9.78. The van der Waals surface area contributed by atoms with Crippen molar-refractivity contribution in [2.24, 2.45) is 10.4 Å². The number of ether oxygens (including phenoxy) is 1. The molecule has 5 heteroatoms. The van der Waals surface area contributed by atoms with E-state index in [1.807, 2.05) is 7.05 Å². The van der Waals surface area contributed by atoms with Crippen LogP contribution in [-0.2, 0) is 11.3 Å². The third-order valence-electron chi connectivity index (χ3n) is 4.15. The summed E-state index contributed by atoms with van der Waals surface area (Å²) in [5.41, 5.74) is 1.71. The van der Waals surface area contributed by atoms with Crippen LogP contribution in [0.2, 0.25) is 0 Å². The maximum atomic E-state index is 5.23. The molecule has 2 N–H and O–H groups in total. The van der Waals surface area contributed by atoms with Crippen molar-refractivity contribution in [1.82, 2.24) is 10.6 Å². The van der Waals surface area contributed by atoms with E-state index in [1.165, 1.54) is 24.8 Å². The fraction of sp³-hybridized carbons (Fsp3) is 0.667. The predicted octanol–water partition coefficient (Wildman–Crippen LogP) is 2.62. The molecule has 0 amide bonds. The summed E-state index contributed by atoms with van der Waals surface area (Å²) in [7, 11) is 3.60. The van der Waals surface area contributed by atoms with Crippen LogP contribution in [0.1, 0.15) is 31.2 Å². The minimum absolute atomic E-state index is 0.413. The van der Waals surface area contributed by atoms with Gasteiger partial charge in [-0.2, -0.15) is 11.3 Å². The lowest BCUT2D eigenvalue weighted by molar-refractivity contribution is 0.0732.